The van der Waals surface area contributed by atoms with Gasteiger partial charge in [0.25, 0.3) is 0 Å². The lowest BCUT2D eigenvalue weighted by molar-refractivity contribution is -0.151. The van der Waals surface area contributed by atoms with Crippen molar-refractivity contribution in [2.45, 2.75) is 6.92 Å². The van der Waals surface area contributed by atoms with Crippen LogP contribution in [0.15, 0.2) is 52.7 Å². The average Bonchev–Trinajstić information content (AvgIpc) is 3.03. The summed E-state index contributed by atoms with van der Waals surface area (Å²) in [5.74, 6) is -2.64. The lowest BCUT2D eigenvalue weighted by Gasteiger charge is -2.15. The molecule has 3 rings (SSSR count). The van der Waals surface area contributed by atoms with Crippen LogP contribution in [0.25, 0.3) is 17.4 Å². The van der Waals surface area contributed by atoms with Crippen LogP contribution in [0.4, 0.5) is 0 Å². The van der Waals surface area contributed by atoms with Gasteiger partial charge in [0.05, 0.1) is 5.02 Å². The number of allylic oxidation sites excluding steroid dienone is 3. The number of hydrogen-bond donors (Lipinski definition) is 0. The number of ether oxygens (including phenoxy) is 1. The van der Waals surface area contributed by atoms with Crippen LogP contribution in [0.5, 0.6) is 0 Å². The van der Waals surface area contributed by atoms with E-state index in [0.717, 1.165) is 12.2 Å². The summed E-state index contributed by atoms with van der Waals surface area (Å²) >= 11 is 12.1. The van der Waals surface area contributed by atoms with E-state index in [0.29, 0.717) is 27.1 Å². The van der Waals surface area contributed by atoms with E-state index in [4.69, 9.17) is 32.4 Å². The van der Waals surface area contributed by atoms with Crippen LogP contribution < -0.4 is 0 Å². The third-order valence-corrected chi connectivity index (χ3v) is 4.21. The molecular weight excluding hydrogens is 379 g/mol. The molecule has 2 heterocycles. The molecule has 0 radical (unpaired) electrons. The molecule has 0 spiro atoms. The van der Waals surface area contributed by atoms with Crippen molar-refractivity contribution >= 4 is 46.8 Å². The fraction of sp³-hybridized carbons (Fsp3) is 0.105. The second-order valence-electron chi connectivity index (χ2n) is 5.57. The molecule has 0 unspecified atom stereocenters. The van der Waals surface area contributed by atoms with Gasteiger partial charge in [-0.3, -0.25) is 14.4 Å². The number of carbonyl (C=O) groups excluding carboxylic acids is 3. The van der Waals surface area contributed by atoms with Crippen molar-refractivity contribution in [3.63, 3.8) is 0 Å². The molecule has 5 nitrogen and oxygen atoms in total. The van der Waals surface area contributed by atoms with E-state index in [1.54, 1.807) is 30.3 Å². The summed E-state index contributed by atoms with van der Waals surface area (Å²) in [6.45, 7) is 1.47. The summed E-state index contributed by atoms with van der Waals surface area (Å²) in [6.07, 6.45) is 3.61. The first-order chi connectivity index (χ1) is 12.3. The number of benzene rings is 1. The number of rotatable bonds is 4. The minimum Gasteiger partial charge on any atom is -0.457 e. The van der Waals surface area contributed by atoms with Crippen LogP contribution in [0, 0.1) is 5.92 Å². The summed E-state index contributed by atoms with van der Waals surface area (Å²) in [6, 6.07) is 8.27. The van der Waals surface area contributed by atoms with Crippen molar-refractivity contribution in [3.8, 4) is 11.3 Å². The van der Waals surface area contributed by atoms with Crippen LogP contribution in [0.3, 0.4) is 0 Å². The van der Waals surface area contributed by atoms with E-state index >= 15 is 0 Å². The first kappa shape index (κ1) is 18.2. The molecule has 26 heavy (non-hydrogen) atoms. The first-order valence-corrected chi connectivity index (χ1v) is 8.32. The molecule has 0 saturated heterocycles. The normalized spacial score (nSPS) is 17.3. The average molecular weight is 391 g/mol. The standard InChI is InChI=1S/C19H12Cl2O5/c1-10-8-16(23)18(19(24)25-10)15(22)6-3-12-4-7-17(26-12)13-9-11(20)2-5-14(13)21/h2-9,18H,1H3/b6-3+/t18-/m1/s1. The third-order valence-electron chi connectivity index (χ3n) is 3.64. The molecular formula is C19H12Cl2O5. The van der Waals surface area contributed by atoms with Gasteiger partial charge in [-0.2, -0.15) is 0 Å². The van der Waals surface area contributed by atoms with Gasteiger partial charge in [-0.05, 0) is 49.4 Å². The lowest BCUT2D eigenvalue weighted by atomic mass is 9.96. The Morgan fingerprint density at radius 3 is 2.65 bits per heavy atom. The SMILES string of the molecule is CC1=CC(=O)[C@@H](C(=O)/C=C/c2ccc(-c3cc(Cl)ccc3Cl)o2)C(=O)O1. The fourth-order valence-corrected chi connectivity index (χ4v) is 2.82. The van der Waals surface area contributed by atoms with Gasteiger partial charge in [0.1, 0.15) is 17.3 Å². The van der Waals surface area contributed by atoms with E-state index < -0.39 is 23.5 Å². The Labute approximate surface area is 158 Å². The molecule has 0 fully saturated rings. The summed E-state index contributed by atoms with van der Waals surface area (Å²) < 4.78 is 10.4. The molecule has 1 aromatic heterocycles. The largest absolute Gasteiger partial charge is 0.457 e. The molecule has 1 aliphatic rings. The van der Waals surface area contributed by atoms with Crippen molar-refractivity contribution in [1.29, 1.82) is 0 Å². The van der Waals surface area contributed by atoms with Gasteiger partial charge >= 0.3 is 5.97 Å². The maximum Gasteiger partial charge on any atom is 0.329 e. The molecule has 1 aliphatic heterocycles. The third kappa shape index (κ3) is 3.79. The van der Waals surface area contributed by atoms with E-state index in [2.05, 4.69) is 0 Å². The molecule has 0 aliphatic carbocycles. The Morgan fingerprint density at radius 1 is 1.15 bits per heavy atom. The number of furan rings is 1. The number of ketones is 2. The van der Waals surface area contributed by atoms with Crippen molar-refractivity contribution in [3.05, 3.63) is 64.0 Å². The summed E-state index contributed by atoms with van der Waals surface area (Å²) in [5, 5.41) is 0.971. The summed E-state index contributed by atoms with van der Waals surface area (Å²) in [5.41, 5.74) is 0.608. The van der Waals surface area contributed by atoms with E-state index in [-0.39, 0.29) is 5.76 Å². The van der Waals surface area contributed by atoms with Crippen LogP contribution in [0.2, 0.25) is 10.0 Å². The predicted octanol–water partition coefficient (Wildman–Crippen LogP) is 4.48. The Morgan fingerprint density at radius 2 is 1.92 bits per heavy atom. The van der Waals surface area contributed by atoms with Crippen LogP contribution in [-0.4, -0.2) is 17.5 Å². The van der Waals surface area contributed by atoms with E-state index in [9.17, 15) is 14.4 Å². The highest BCUT2D eigenvalue weighted by Gasteiger charge is 2.36. The number of cyclic esters (lactones) is 1. The number of esters is 1. The molecule has 132 valence electrons. The van der Waals surface area contributed by atoms with Gasteiger partial charge in [-0.25, -0.2) is 0 Å². The Balaban J connectivity index is 1.79. The Hall–Kier alpha value is -2.63. The van der Waals surface area contributed by atoms with Crippen molar-refractivity contribution < 1.29 is 23.5 Å². The van der Waals surface area contributed by atoms with Crippen molar-refractivity contribution in [2.75, 3.05) is 0 Å². The summed E-state index contributed by atoms with van der Waals surface area (Å²) in [7, 11) is 0. The molecule has 0 amide bonds. The second kappa shape index (κ2) is 7.32. The zero-order chi connectivity index (χ0) is 18.8. The van der Waals surface area contributed by atoms with Gasteiger partial charge in [0.15, 0.2) is 17.5 Å². The Bertz CT molecular complexity index is 968. The molecule has 2 aromatic rings. The zero-order valence-electron chi connectivity index (χ0n) is 13.5. The van der Waals surface area contributed by atoms with Gasteiger partial charge in [-0.1, -0.05) is 23.2 Å². The monoisotopic (exact) mass is 390 g/mol. The molecule has 0 saturated carbocycles. The van der Waals surface area contributed by atoms with E-state index in [1.807, 2.05) is 0 Å². The topological polar surface area (TPSA) is 73.6 Å². The van der Waals surface area contributed by atoms with Crippen molar-refractivity contribution in [2.24, 2.45) is 5.92 Å². The highest BCUT2D eigenvalue weighted by atomic mass is 35.5. The smallest absolute Gasteiger partial charge is 0.329 e. The summed E-state index contributed by atoms with van der Waals surface area (Å²) in [4.78, 5) is 35.7. The maximum absolute atomic E-state index is 12.2. The maximum atomic E-state index is 12.2. The van der Waals surface area contributed by atoms with Crippen LogP contribution >= 0.6 is 23.2 Å². The highest BCUT2D eigenvalue weighted by Crippen LogP contribution is 2.32. The zero-order valence-corrected chi connectivity index (χ0v) is 15.0. The molecule has 0 bridgehead atoms. The van der Waals surface area contributed by atoms with Gasteiger partial charge < -0.3 is 9.15 Å². The van der Waals surface area contributed by atoms with Gasteiger partial charge in [-0.15, -0.1) is 0 Å². The highest BCUT2D eigenvalue weighted by molar-refractivity contribution is 6.35. The minimum atomic E-state index is -1.48. The van der Waals surface area contributed by atoms with Crippen molar-refractivity contribution in [1.82, 2.24) is 0 Å². The predicted molar refractivity (Wildman–Crippen MR) is 96.6 cm³/mol. The first-order valence-electron chi connectivity index (χ1n) is 7.56. The number of halogens is 2. The Kier molecular flexibility index (Phi) is 5.11. The quantitative estimate of drug-likeness (QED) is 0.437. The van der Waals surface area contributed by atoms with Crippen LogP contribution in [0.1, 0.15) is 12.7 Å². The second-order valence-corrected chi connectivity index (χ2v) is 6.42. The molecule has 0 N–H and O–H groups in total. The van der Waals surface area contributed by atoms with Crippen LogP contribution in [-0.2, 0) is 19.1 Å². The number of carbonyl (C=O) groups is 3. The molecule has 1 aromatic carbocycles. The van der Waals surface area contributed by atoms with E-state index in [1.165, 1.54) is 13.0 Å². The van der Waals surface area contributed by atoms with Gasteiger partial charge in [0, 0.05) is 16.7 Å². The number of hydrogen-bond acceptors (Lipinski definition) is 5. The lowest BCUT2D eigenvalue weighted by Crippen LogP contribution is -2.34. The fourth-order valence-electron chi connectivity index (χ4n) is 2.44. The molecule has 7 heteroatoms. The molecule has 1 atom stereocenters. The van der Waals surface area contributed by atoms with Gasteiger partial charge in [0.2, 0.25) is 0 Å². The minimum absolute atomic E-state index is 0.169.